The molecule has 2 amide bonds. The van der Waals surface area contributed by atoms with Crippen LogP contribution in [0.3, 0.4) is 0 Å². The first kappa shape index (κ1) is 26.9. The number of alkyl halides is 3. The summed E-state index contributed by atoms with van der Waals surface area (Å²) in [5.41, 5.74) is -1.45. The molecular weight excluding hydrogens is 506 g/mol. The number of hydrogen-bond donors (Lipinski definition) is 4. The predicted molar refractivity (Wildman–Crippen MR) is 123 cm³/mol. The fourth-order valence-corrected chi connectivity index (χ4v) is 5.75. The van der Waals surface area contributed by atoms with E-state index in [-0.39, 0.29) is 61.6 Å². The Balaban J connectivity index is 1.25. The van der Waals surface area contributed by atoms with E-state index in [1.54, 1.807) is 0 Å². The molecule has 12 heteroatoms. The number of ether oxygens (including phenoxy) is 1. The predicted octanol–water partition coefficient (Wildman–Crippen LogP) is 3.23. The van der Waals surface area contributed by atoms with Crippen molar-refractivity contribution < 1.29 is 37.0 Å². The topological polar surface area (TPSA) is 99.7 Å². The van der Waals surface area contributed by atoms with Gasteiger partial charge in [-0.05, 0) is 57.1 Å². The van der Waals surface area contributed by atoms with Gasteiger partial charge in [0.15, 0.2) is 6.61 Å². The minimum Gasteiger partial charge on any atom is -0.484 e. The third kappa shape index (κ3) is 6.06. The van der Waals surface area contributed by atoms with Crippen LogP contribution >= 0.6 is 11.6 Å². The highest BCUT2D eigenvalue weighted by atomic mass is 35.5. The second-order valence-corrected chi connectivity index (χ2v) is 10.6. The molecule has 5 rings (SSSR count). The fraction of sp³-hybridized carbons (Fsp3) is 0.667. The zero-order valence-electron chi connectivity index (χ0n) is 19.6. The Hall–Kier alpha value is -2.11. The van der Waals surface area contributed by atoms with Crippen LogP contribution in [-0.2, 0) is 9.59 Å². The van der Waals surface area contributed by atoms with Gasteiger partial charge in [-0.3, -0.25) is 9.59 Å². The Morgan fingerprint density at radius 1 is 1.14 bits per heavy atom. The third-order valence-corrected chi connectivity index (χ3v) is 8.09. The van der Waals surface area contributed by atoms with Crippen molar-refractivity contribution in [1.82, 2.24) is 16.0 Å². The molecule has 1 aromatic carbocycles. The van der Waals surface area contributed by atoms with Crippen LogP contribution in [0.5, 0.6) is 5.75 Å². The summed E-state index contributed by atoms with van der Waals surface area (Å²) in [6.45, 7) is -0.550. The highest BCUT2D eigenvalue weighted by Crippen LogP contribution is 2.47. The van der Waals surface area contributed by atoms with Gasteiger partial charge < -0.3 is 25.8 Å². The molecule has 3 saturated carbocycles. The zero-order valence-corrected chi connectivity index (χ0v) is 20.4. The largest absolute Gasteiger partial charge is 0.484 e. The molecule has 3 atom stereocenters. The summed E-state index contributed by atoms with van der Waals surface area (Å²) in [5, 5.41) is 19.5. The molecule has 1 aromatic rings. The lowest BCUT2D eigenvalue weighted by Gasteiger charge is -2.56. The SMILES string of the molecule is O=C(CC1CCC(C(F)(F)F)CN1)NC12CCC(NC(=O)COc3ccc(Cl)c(F)c3)(CC1)C(O)C2. The Kier molecular flexibility index (Phi) is 7.73. The number of nitrogens with one attached hydrogen (secondary N) is 3. The summed E-state index contributed by atoms with van der Waals surface area (Å²) in [4.78, 5) is 25.2. The van der Waals surface area contributed by atoms with Crippen LogP contribution in [-0.4, -0.2) is 59.5 Å². The smallest absolute Gasteiger partial charge is 0.393 e. The number of aliphatic hydroxyl groups is 1. The lowest BCUT2D eigenvalue weighted by atomic mass is 9.60. The normalized spacial score (nSPS) is 32.1. The van der Waals surface area contributed by atoms with Crippen LogP contribution in [0.4, 0.5) is 17.6 Å². The van der Waals surface area contributed by atoms with Crippen molar-refractivity contribution in [2.45, 2.75) is 80.8 Å². The lowest BCUT2D eigenvalue weighted by Crippen LogP contribution is -2.70. The van der Waals surface area contributed by atoms with Crippen molar-refractivity contribution in [2.75, 3.05) is 13.2 Å². The van der Waals surface area contributed by atoms with Crippen LogP contribution in [0.15, 0.2) is 18.2 Å². The Bertz CT molecular complexity index is 977. The quantitative estimate of drug-likeness (QED) is 0.402. The first-order valence-corrected chi connectivity index (χ1v) is 12.5. The highest BCUT2D eigenvalue weighted by Gasteiger charge is 2.55. The molecule has 4 fully saturated rings. The second-order valence-electron chi connectivity index (χ2n) is 10.2. The molecule has 7 nitrogen and oxygen atoms in total. The summed E-state index contributed by atoms with van der Waals surface area (Å²) < 4.78 is 57.4. The number of benzene rings is 1. The van der Waals surface area contributed by atoms with E-state index in [0.717, 1.165) is 6.07 Å². The van der Waals surface area contributed by atoms with Gasteiger partial charge in [0, 0.05) is 30.6 Å². The van der Waals surface area contributed by atoms with Crippen LogP contribution in [0.25, 0.3) is 0 Å². The van der Waals surface area contributed by atoms with Gasteiger partial charge in [-0.25, -0.2) is 4.39 Å². The van der Waals surface area contributed by atoms with Crippen molar-refractivity contribution in [3.05, 3.63) is 29.0 Å². The Labute approximate surface area is 211 Å². The Morgan fingerprint density at radius 3 is 2.44 bits per heavy atom. The number of carbonyl (C=O) groups excluding carboxylic acids is 2. The first-order chi connectivity index (χ1) is 16.9. The summed E-state index contributed by atoms with van der Waals surface area (Å²) in [5.74, 6) is -2.61. The standard InChI is InChI=1S/C24H30ClF4N3O4/c25-17-4-3-16(10-18(17)26)36-13-21(35)32-23-7-5-22(6-8-23,11-19(23)33)31-20(34)9-15-2-1-14(12-30-15)24(27,28)29/h3-4,10,14-15,19,30,33H,1-2,5-9,11-13H2,(H,31,34)(H,32,35). The molecule has 3 unspecified atom stereocenters. The van der Waals surface area contributed by atoms with E-state index in [1.165, 1.54) is 12.1 Å². The molecule has 0 radical (unpaired) electrons. The molecule has 4 aliphatic rings. The minimum atomic E-state index is -4.23. The van der Waals surface area contributed by atoms with E-state index >= 15 is 0 Å². The summed E-state index contributed by atoms with van der Waals surface area (Å²) in [6, 6.07) is 3.54. The van der Waals surface area contributed by atoms with Crippen molar-refractivity contribution in [3.63, 3.8) is 0 Å². The molecule has 0 aromatic heterocycles. The zero-order chi connectivity index (χ0) is 26.1. The van der Waals surface area contributed by atoms with Gasteiger partial charge in [-0.1, -0.05) is 11.6 Å². The van der Waals surface area contributed by atoms with Crippen molar-refractivity contribution in [3.8, 4) is 5.75 Å². The summed E-state index contributed by atoms with van der Waals surface area (Å²) in [7, 11) is 0. The first-order valence-electron chi connectivity index (χ1n) is 12.1. The maximum absolute atomic E-state index is 13.5. The minimum absolute atomic E-state index is 0.00278. The number of halogens is 5. The molecule has 0 spiro atoms. The molecule has 3 aliphatic carbocycles. The number of hydrogen-bond acceptors (Lipinski definition) is 5. The van der Waals surface area contributed by atoms with Crippen molar-refractivity contribution in [2.24, 2.45) is 5.92 Å². The molecule has 1 aliphatic heterocycles. The van der Waals surface area contributed by atoms with E-state index in [9.17, 15) is 32.3 Å². The maximum atomic E-state index is 13.5. The van der Waals surface area contributed by atoms with E-state index in [4.69, 9.17) is 16.3 Å². The van der Waals surface area contributed by atoms with E-state index in [0.29, 0.717) is 25.7 Å². The third-order valence-electron chi connectivity index (χ3n) is 7.79. The van der Waals surface area contributed by atoms with E-state index in [2.05, 4.69) is 16.0 Å². The van der Waals surface area contributed by atoms with Crippen LogP contribution in [0.2, 0.25) is 5.02 Å². The van der Waals surface area contributed by atoms with Crippen LogP contribution in [0, 0.1) is 11.7 Å². The molecule has 36 heavy (non-hydrogen) atoms. The number of rotatable bonds is 7. The van der Waals surface area contributed by atoms with Gasteiger partial charge in [0.1, 0.15) is 11.6 Å². The number of carbonyl (C=O) groups is 2. The molecule has 200 valence electrons. The van der Waals surface area contributed by atoms with Crippen LogP contribution < -0.4 is 20.7 Å². The number of amides is 2. The number of piperidine rings is 1. The average Bonchev–Trinajstić information content (AvgIpc) is 2.81. The van der Waals surface area contributed by atoms with E-state index < -0.39 is 41.0 Å². The van der Waals surface area contributed by atoms with Gasteiger partial charge in [-0.15, -0.1) is 0 Å². The van der Waals surface area contributed by atoms with E-state index in [1.807, 2.05) is 0 Å². The van der Waals surface area contributed by atoms with Gasteiger partial charge in [0.25, 0.3) is 5.91 Å². The van der Waals surface area contributed by atoms with Gasteiger partial charge in [-0.2, -0.15) is 13.2 Å². The van der Waals surface area contributed by atoms with Crippen LogP contribution in [0.1, 0.15) is 51.4 Å². The van der Waals surface area contributed by atoms with Gasteiger partial charge >= 0.3 is 6.18 Å². The number of fused-ring (bicyclic) bond motifs is 3. The maximum Gasteiger partial charge on any atom is 0.393 e. The van der Waals surface area contributed by atoms with Gasteiger partial charge in [0.05, 0.1) is 22.6 Å². The highest BCUT2D eigenvalue weighted by molar-refractivity contribution is 6.30. The number of aliphatic hydroxyl groups excluding tert-OH is 1. The van der Waals surface area contributed by atoms with Gasteiger partial charge in [0.2, 0.25) is 5.91 Å². The molecular formula is C24H30ClF4N3O4. The summed E-state index contributed by atoms with van der Waals surface area (Å²) >= 11 is 5.64. The molecule has 2 bridgehead atoms. The lowest BCUT2D eigenvalue weighted by molar-refractivity contribution is -0.179. The average molecular weight is 536 g/mol. The molecule has 1 saturated heterocycles. The van der Waals surface area contributed by atoms with Crippen molar-refractivity contribution in [1.29, 1.82) is 0 Å². The molecule has 1 heterocycles. The van der Waals surface area contributed by atoms with Crippen molar-refractivity contribution >= 4 is 23.4 Å². The second kappa shape index (κ2) is 10.3. The fourth-order valence-electron chi connectivity index (χ4n) is 5.63. The molecule has 4 N–H and O–H groups in total. The summed E-state index contributed by atoms with van der Waals surface area (Å²) in [6.07, 6.45) is -2.52. The Morgan fingerprint density at radius 2 is 1.86 bits per heavy atom. The monoisotopic (exact) mass is 535 g/mol.